The number of methoxy groups -OCH3 is 1. The van der Waals surface area contributed by atoms with E-state index in [0.717, 1.165) is 19.3 Å². The summed E-state index contributed by atoms with van der Waals surface area (Å²) < 4.78 is 32.1. The van der Waals surface area contributed by atoms with Gasteiger partial charge in [0.15, 0.2) is 0 Å². The van der Waals surface area contributed by atoms with E-state index in [1.54, 1.807) is 7.11 Å². The van der Waals surface area contributed by atoms with Gasteiger partial charge in [-0.1, -0.05) is 11.6 Å². The maximum atomic E-state index is 12.2. The third-order valence-corrected chi connectivity index (χ3v) is 5.44. The number of rotatable bonds is 7. The Morgan fingerprint density at radius 1 is 1.45 bits per heavy atom. The summed E-state index contributed by atoms with van der Waals surface area (Å²) in [5.41, 5.74) is 6.00. The van der Waals surface area contributed by atoms with E-state index in [4.69, 9.17) is 22.1 Å². The average Bonchev–Trinajstić information content (AvgIpc) is 3.18. The van der Waals surface area contributed by atoms with Crippen LogP contribution in [0.1, 0.15) is 19.3 Å². The van der Waals surface area contributed by atoms with E-state index >= 15 is 0 Å². The molecule has 112 valence electrons. The summed E-state index contributed by atoms with van der Waals surface area (Å²) in [4.78, 5) is 0.138. The molecule has 0 atom stereocenters. The first-order valence-electron chi connectivity index (χ1n) is 6.42. The van der Waals surface area contributed by atoms with Crippen molar-refractivity contribution in [2.45, 2.75) is 24.2 Å². The highest BCUT2D eigenvalue weighted by Crippen LogP contribution is 2.48. The second-order valence-electron chi connectivity index (χ2n) is 5.25. The number of nitrogen functional groups attached to an aromatic ring is 1. The van der Waals surface area contributed by atoms with Crippen LogP contribution in [0.15, 0.2) is 23.1 Å². The molecule has 0 saturated heterocycles. The lowest BCUT2D eigenvalue weighted by molar-refractivity contribution is 0.173. The van der Waals surface area contributed by atoms with Gasteiger partial charge in [-0.2, -0.15) is 0 Å². The van der Waals surface area contributed by atoms with Crippen molar-refractivity contribution in [3.05, 3.63) is 23.2 Å². The molecule has 1 fully saturated rings. The Labute approximate surface area is 124 Å². The fraction of sp³-hybridized carbons (Fsp3) is 0.538. The number of ether oxygens (including phenoxy) is 1. The number of sulfonamides is 1. The van der Waals surface area contributed by atoms with Gasteiger partial charge in [-0.3, -0.25) is 0 Å². The van der Waals surface area contributed by atoms with Crippen LogP contribution in [0.2, 0.25) is 5.02 Å². The monoisotopic (exact) mass is 318 g/mol. The van der Waals surface area contributed by atoms with Crippen molar-refractivity contribution in [1.29, 1.82) is 0 Å². The Kier molecular flexibility index (Phi) is 4.59. The number of nitrogens with two attached hydrogens (primary N) is 1. The molecule has 7 heteroatoms. The molecule has 1 aromatic carbocycles. The molecule has 0 aliphatic heterocycles. The van der Waals surface area contributed by atoms with E-state index in [2.05, 4.69) is 4.72 Å². The molecular formula is C13H19ClN2O3S. The summed E-state index contributed by atoms with van der Waals surface area (Å²) in [6.07, 6.45) is 2.93. The van der Waals surface area contributed by atoms with E-state index in [-0.39, 0.29) is 15.3 Å². The zero-order valence-corrected chi connectivity index (χ0v) is 12.9. The largest absolute Gasteiger partial charge is 0.398 e. The van der Waals surface area contributed by atoms with Gasteiger partial charge < -0.3 is 10.5 Å². The Morgan fingerprint density at radius 2 is 2.15 bits per heavy atom. The summed E-state index contributed by atoms with van der Waals surface area (Å²) >= 11 is 5.86. The zero-order chi connectivity index (χ0) is 14.8. The van der Waals surface area contributed by atoms with Crippen LogP contribution in [0.25, 0.3) is 0 Å². The van der Waals surface area contributed by atoms with Gasteiger partial charge >= 0.3 is 0 Å². The number of anilines is 1. The number of hydrogen-bond acceptors (Lipinski definition) is 4. The van der Waals surface area contributed by atoms with Gasteiger partial charge in [0.2, 0.25) is 10.0 Å². The van der Waals surface area contributed by atoms with Crippen molar-refractivity contribution in [2.24, 2.45) is 5.41 Å². The summed E-state index contributed by atoms with van der Waals surface area (Å²) in [5, 5.41) is 0.244. The third kappa shape index (κ3) is 3.63. The zero-order valence-electron chi connectivity index (χ0n) is 11.4. The fourth-order valence-electron chi connectivity index (χ4n) is 2.02. The van der Waals surface area contributed by atoms with Crippen LogP contribution in [-0.2, 0) is 14.8 Å². The summed E-state index contributed by atoms with van der Waals surface area (Å²) in [7, 11) is -1.90. The van der Waals surface area contributed by atoms with Crippen LogP contribution < -0.4 is 10.5 Å². The maximum absolute atomic E-state index is 12.2. The Balaban J connectivity index is 2.02. The molecule has 1 aliphatic rings. The van der Waals surface area contributed by atoms with Gasteiger partial charge in [0, 0.05) is 20.3 Å². The highest BCUT2D eigenvalue weighted by molar-refractivity contribution is 7.89. The summed E-state index contributed by atoms with van der Waals surface area (Å²) in [5.74, 6) is 0. The van der Waals surface area contributed by atoms with E-state index < -0.39 is 10.0 Å². The minimum absolute atomic E-state index is 0.0562. The molecule has 3 N–H and O–H groups in total. The summed E-state index contributed by atoms with van der Waals surface area (Å²) in [6.45, 7) is 1.08. The van der Waals surface area contributed by atoms with Crippen LogP contribution in [0.4, 0.5) is 5.69 Å². The van der Waals surface area contributed by atoms with Crippen molar-refractivity contribution >= 4 is 27.3 Å². The first-order valence-corrected chi connectivity index (χ1v) is 8.28. The molecule has 0 spiro atoms. The lowest BCUT2D eigenvalue weighted by atomic mass is 10.0. The Morgan fingerprint density at radius 3 is 2.70 bits per heavy atom. The van der Waals surface area contributed by atoms with Crippen LogP contribution in [-0.4, -0.2) is 28.7 Å². The number of halogens is 1. The van der Waals surface area contributed by atoms with E-state index in [1.807, 2.05) is 0 Å². The van der Waals surface area contributed by atoms with Gasteiger partial charge in [-0.25, -0.2) is 13.1 Å². The molecule has 2 rings (SSSR count). The number of benzene rings is 1. The SMILES string of the molecule is COCCC1(CNS(=O)(=O)c2ccc(N)c(Cl)c2)CC1. The van der Waals surface area contributed by atoms with Gasteiger partial charge in [-0.05, 0) is 42.9 Å². The lowest BCUT2D eigenvalue weighted by Gasteiger charge is -2.15. The van der Waals surface area contributed by atoms with Gasteiger partial charge in [0.1, 0.15) is 0 Å². The maximum Gasteiger partial charge on any atom is 0.240 e. The number of nitrogens with one attached hydrogen (secondary N) is 1. The minimum atomic E-state index is -3.55. The second-order valence-corrected chi connectivity index (χ2v) is 7.42. The molecule has 1 aliphatic carbocycles. The van der Waals surface area contributed by atoms with Crippen molar-refractivity contribution in [2.75, 3.05) is 26.0 Å². The second kappa shape index (κ2) is 5.89. The molecule has 20 heavy (non-hydrogen) atoms. The van der Waals surface area contributed by atoms with Crippen molar-refractivity contribution in [1.82, 2.24) is 4.72 Å². The summed E-state index contributed by atoms with van der Waals surface area (Å²) in [6, 6.07) is 4.32. The standard InChI is InChI=1S/C13H19ClN2O3S/c1-19-7-6-13(4-5-13)9-16-20(17,18)10-2-3-12(15)11(14)8-10/h2-3,8,16H,4-7,9,15H2,1H3. The lowest BCUT2D eigenvalue weighted by Crippen LogP contribution is -2.31. The third-order valence-electron chi connectivity index (χ3n) is 3.71. The van der Waals surface area contributed by atoms with Crippen LogP contribution in [0.5, 0.6) is 0 Å². The van der Waals surface area contributed by atoms with Crippen LogP contribution in [0, 0.1) is 5.41 Å². The Hall–Kier alpha value is -0.820. The predicted molar refractivity (Wildman–Crippen MR) is 79.2 cm³/mol. The molecule has 0 amide bonds. The van der Waals surface area contributed by atoms with Gasteiger partial charge in [-0.15, -0.1) is 0 Å². The first-order chi connectivity index (χ1) is 9.38. The number of hydrogen-bond donors (Lipinski definition) is 2. The molecule has 0 unspecified atom stereocenters. The molecular weight excluding hydrogens is 300 g/mol. The molecule has 0 bridgehead atoms. The van der Waals surface area contributed by atoms with Gasteiger partial charge in [0.25, 0.3) is 0 Å². The average molecular weight is 319 g/mol. The fourth-order valence-corrected chi connectivity index (χ4v) is 3.45. The van der Waals surface area contributed by atoms with E-state index in [0.29, 0.717) is 18.8 Å². The Bertz CT molecular complexity index is 585. The molecule has 0 heterocycles. The minimum Gasteiger partial charge on any atom is -0.398 e. The molecule has 0 aromatic heterocycles. The molecule has 1 aromatic rings. The molecule has 1 saturated carbocycles. The van der Waals surface area contributed by atoms with Crippen molar-refractivity contribution < 1.29 is 13.2 Å². The van der Waals surface area contributed by atoms with Crippen molar-refractivity contribution in [3.63, 3.8) is 0 Å². The normalized spacial score (nSPS) is 17.1. The molecule has 0 radical (unpaired) electrons. The highest BCUT2D eigenvalue weighted by atomic mass is 35.5. The van der Waals surface area contributed by atoms with Crippen LogP contribution >= 0.6 is 11.6 Å². The van der Waals surface area contributed by atoms with E-state index in [1.165, 1.54) is 18.2 Å². The van der Waals surface area contributed by atoms with Gasteiger partial charge in [0.05, 0.1) is 15.6 Å². The van der Waals surface area contributed by atoms with Crippen LogP contribution in [0.3, 0.4) is 0 Å². The first kappa shape index (κ1) is 15.6. The smallest absolute Gasteiger partial charge is 0.240 e. The van der Waals surface area contributed by atoms with E-state index in [9.17, 15) is 8.42 Å². The topological polar surface area (TPSA) is 81.4 Å². The highest BCUT2D eigenvalue weighted by Gasteiger charge is 2.42. The quantitative estimate of drug-likeness (QED) is 0.754. The molecule has 5 nitrogen and oxygen atoms in total. The predicted octanol–water partition coefficient (Wildman–Crippen LogP) is 2.02. The van der Waals surface area contributed by atoms with Crippen molar-refractivity contribution in [3.8, 4) is 0 Å².